The van der Waals surface area contributed by atoms with Gasteiger partial charge in [0.15, 0.2) is 5.78 Å². The number of nitrogens with zero attached hydrogens (tertiary/aromatic N) is 1. The first-order chi connectivity index (χ1) is 10.1. The number of aryl methyl sites for hydroxylation is 1. The highest BCUT2D eigenvalue weighted by Crippen LogP contribution is 2.27. The number of hydrogen-bond donors (Lipinski definition) is 0. The standard InChI is InChI=1S/C19H19NO/c1-13-8-4-5-9-16(13)12-20-14(2)19(15(3)21)17-10-6-7-11-18(17)20/h4-11H,12H2,1-3H3. The van der Waals surface area contributed by atoms with E-state index in [0.29, 0.717) is 0 Å². The van der Waals surface area contributed by atoms with Crippen molar-refractivity contribution >= 4 is 16.7 Å². The molecule has 21 heavy (non-hydrogen) atoms. The van der Waals surface area contributed by atoms with E-state index in [-0.39, 0.29) is 5.78 Å². The van der Waals surface area contributed by atoms with Crippen LogP contribution in [0.3, 0.4) is 0 Å². The number of carbonyl (C=O) groups is 1. The molecule has 0 spiro atoms. The van der Waals surface area contributed by atoms with Crippen LogP contribution < -0.4 is 0 Å². The molecule has 0 unspecified atom stereocenters. The van der Waals surface area contributed by atoms with E-state index in [2.05, 4.69) is 41.8 Å². The van der Waals surface area contributed by atoms with Crippen molar-refractivity contribution in [2.45, 2.75) is 27.3 Å². The first-order valence-electron chi connectivity index (χ1n) is 7.23. The van der Waals surface area contributed by atoms with Gasteiger partial charge in [-0.05, 0) is 38.0 Å². The lowest BCUT2D eigenvalue weighted by molar-refractivity contribution is 0.101. The van der Waals surface area contributed by atoms with Gasteiger partial charge < -0.3 is 4.57 Å². The van der Waals surface area contributed by atoms with Gasteiger partial charge in [-0.1, -0.05) is 42.5 Å². The van der Waals surface area contributed by atoms with Crippen LogP contribution in [-0.4, -0.2) is 10.4 Å². The van der Waals surface area contributed by atoms with Gasteiger partial charge in [0.25, 0.3) is 0 Å². The van der Waals surface area contributed by atoms with Crippen LogP contribution in [0.15, 0.2) is 48.5 Å². The van der Waals surface area contributed by atoms with Crippen LogP contribution >= 0.6 is 0 Å². The highest BCUT2D eigenvalue weighted by Gasteiger charge is 2.17. The minimum absolute atomic E-state index is 0.132. The van der Waals surface area contributed by atoms with Crippen LogP contribution in [0.1, 0.15) is 34.1 Å². The van der Waals surface area contributed by atoms with Crippen LogP contribution in [0, 0.1) is 13.8 Å². The monoisotopic (exact) mass is 277 g/mol. The molecular formula is C19H19NO. The molecule has 0 aliphatic heterocycles. The molecule has 1 heterocycles. The Hall–Kier alpha value is -2.35. The summed E-state index contributed by atoms with van der Waals surface area (Å²) in [7, 11) is 0. The molecule has 0 saturated carbocycles. The Bertz CT molecular complexity index is 827. The summed E-state index contributed by atoms with van der Waals surface area (Å²) in [6.07, 6.45) is 0. The molecule has 0 fully saturated rings. The van der Waals surface area contributed by atoms with Crippen molar-refractivity contribution in [1.82, 2.24) is 4.57 Å². The summed E-state index contributed by atoms with van der Waals surface area (Å²) in [6, 6.07) is 16.5. The Morgan fingerprint density at radius 2 is 1.67 bits per heavy atom. The topological polar surface area (TPSA) is 22.0 Å². The van der Waals surface area contributed by atoms with Crippen LogP contribution in [-0.2, 0) is 6.54 Å². The number of para-hydroxylation sites is 1. The van der Waals surface area contributed by atoms with Gasteiger partial charge in [-0.25, -0.2) is 0 Å². The molecule has 2 aromatic carbocycles. The predicted octanol–water partition coefficient (Wildman–Crippen LogP) is 4.51. The molecule has 0 bridgehead atoms. The molecular weight excluding hydrogens is 258 g/mol. The molecule has 0 aliphatic rings. The summed E-state index contributed by atoms with van der Waals surface area (Å²) in [5, 5.41) is 1.05. The molecule has 3 rings (SSSR count). The smallest absolute Gasteiger partial charge is 0.162 e. The zero-order valence-electron chi connectivity index (χ0n) is 12.7. The highest BCUT2D eigenvalue weighted by atomic mass is 16.1. The van der Waals surface area contributed by atoms with Crippen molar-refractivity contribution in [3.63, 3.8) is 0 Å². The third kappa shape index (κ3) is 2.27. The van der Waals surface area contributed by atoms with Crippen LogP contribution in [0.4, 0.5) is 0 Å². The van der Waals surface area contributed by atoms with Gasteiger partial charge in [0.2, 0.25) is 0 Å². The molecule has 0 atom stereocenters. The molecule has 106 valence electrons. The Morgan fingerprint density at radius 1 is 1.00 bits per heavy atom. The number of fused-ring (bicyclic) bond motifs is 1. The van der Waals surface area contributed by atoms with E-state index >= 15 is 0 Å². The van der Waals surface area contributed by atoms with Gasteiger partial charge in [0, 0.05) is 28.7 Å². The van der Waals surface area contributed by atoms with Gasteiger partial charge >= 0.3 is 0 Å². The number of aromatic nitrogens is 1. The fourth-order valence-electron chi connectivity index (χ4n) is 3.04. The summed E-state index contributed by atoms with van der Waals surface area (Å²) in [5.74, 6) is 0.132. The summed E-state index contributed by atoms with van der Waals surface area (Å²) >= 11 is 0. The summed E-state index contributed by atoms with van der Waals surface area (Å²) < 4.78 is 2.24. The lowest BCUT2D eigenvalue weighted by Gasteiger charge is -2.11. The van der Waals surface area contributed by atoms with Crippen LogP contribution in [0.5, 0.6) is 0 Å². The summed E-state index contributed by atoms with van der Waals surface area (Å²) in [6.45, 7) is 6.61. The largest absolute Gasteiger partial charge is 0.340 e. The van der Waals surface area contributed by atoms with Gasteiger partial charge in [-0.2, -0.15) is 0 Å². The highest BCUT2D eigenvalue weighted by molar-refractivity contribution is 6.08. The Morgan fingerprint density at radius 3 is 2.38 bits per heavy atom. The summed E-state index contributed by atoms with van der Waals surface area (Å²) in [4.78, 5) is 12.0. The zero-order valence-corrected chi connectivity index (χ0v) is 12.7. The minimum Gasteiger partial charge on any atom is -0.340 e. The number of rotatable bonds is 3. The van der Waals surface area contributed by atoms with Crippen molar-refractivity contribution in [3.05, 3.63) is 70.9 Å². The van der Waals surface area contributed by atoms with E-state index in [9.17, 15) is 4.79 Å². The van der Waals surface area contributed by atoms with E-state index in [1.807, 2.05) is 25.1 Å². The molecule has 2 nitrogen and oxygen atoms in total. The van der Waals surface area contributed by atoms with Gasteiger partial charge in [-0.15, -0.1) is 0 Å². The number of hydrogen-bond acceptors (Lipinski definition) is 1. The third-order valence-electron chi connectivity index (χ3n) is 4.17. The second-order valence-electron chi connectivity index (χ2n) is 5.55. The van der Waals surface area contributed by atoms with Gasteiger partial charge in [0.05, 0.1) is 0 Å². The molecule has 2 heteroatoms. The second kappa shape index (κ2) is 5.21. The van der Waals surface area contributed by atoms with Gasteiger partial charge in [0.1, 0.15) is 0 Å². The summed E-state index contributed by atoms with van der Waals surface area (Å²) in [5.41, 5.74) is 5.59. The molecule has 0 N–H and O–H groups in total. The minimum atomic E-state index is 0.132. The average molecular weight is 277 g/mol. The van der Waals surface area contributed by atoms with Gasteiger partial charge in [-0.3, -0.25) is 4.79 Å². The lowest BCUT2D eigenvalue weighted by atomic mass is 10.1. The maximum absolute atomic E-state index is 12.0. The predicted molar refractivity (Wildman–Crippen MR) is 87.0 cm³/mol. The maximum Gasteiger partial charge on any atom is 0.162 e. The van der Waals surface area contributed by atoms with Crippen LogP contribution in [0.25, 0.3) is 10.9 Å². The van der Waals surface area contributed by atoms with Crippen molar-refractivity contribution in [1.29, 1.82) is 0 Å². The number of benzene rings is 2. The molecule has 1 aromatic heterocycles. The lowest BCUT2D eigenvalue weighted by Crippen LogP contribution is -2.04. The van der Waals surface area contributed by atoms with Crippen molar-refractivity contribution < 1.29 is 4.79 Å². The Kier molecular flexibility index (Phi) is 3.38. The maximum atomic E-state index is 12.0. The molecule has 0 amide bonds. The van der Waals surface area contributed by atoms with Crippen LogP contribution in [0.2, 0.25) is 0 Å². The van der Waals surface area contributed by atoms with Crippen molar-refractivity contribution in [2.24, 2.45) is 0 Å². The fraction of sp³-hybridized carbons (Fsp3) is 0.211. The average Bonchev–Trinajstić information content (AvgIpc) is 2.74. The Labute approximate surface area is 125 Å². The van der Waals surface area contributed by atoms with E-state index in [0.717, 1.165) is 28.7 Å². The molecule has 0 radical (unpaired) electrons. The number of ketones is 1. The number of carbonyl (C=O) groups excluding carboxylic acids is 1. The Balaban J connectivity index is 2.21. The van der Waals surface area contributed by atoms with E-state index in [1.165, 1.54) is 11.1 Å². The normalized spacial score (nSPS) is 11.0. The quantitative estimate of drug-likeness (QED) is 0.646. The molecule has 0 saturated heterocycles. The van der Waals surface area contributed by atoms with E-state index in [4.69, 9.17) is 0 Å². The van der Waals surface area contributed by atoms with Crippen molar-refractivity contribution in [3.8, 4) is 0 Å². The third-order valence-corrected chi connectivity index (χ3v) is 4.17. The van der Waals surface area contributed by atoms with E-state index in [1.54, 1.807) is 6.92 Å². The first kappa shape index (κ1) is 13.6. The second-order valence-corrected chi connectivity index (χ2v) is 5.55. The molecule has 0 aliphatic carbocycles. The van der Waals surface area contributed by atoms with Crippen molar-refractivity contribution in [2.75, 3.05) is 0 Å². The SMILES string of the molecule is CC(=O)c1c(C)n(Cc2ccccc2C)c2ccccc12. The first-order valence-corrected chi connectivity index (χ1v) is 7.23. The number of Topliss-reactive ketones (excluding diaryl/α,β-unsaturated/α-hetero) is 1. The fourth-order valence-corrected chi connectivity index (χ4v) is 3.04. The molecule has 3 aromatic rings. The zero-order chi connectivity index (χ0) is 15.0. The van der Waals surface area contributed by atoms with E-state index < -0.39 is 0 Å².